The molecule has 0 spiro atoms. The van der Waals surface area contributed by atoms with Crippen molar-refractivity contribution >= 4 is 29.0 Å². The molecule has 0 unspecified atom stereocenters. The van der Waals surface area contributed by atoms with Gasteiger partial charge in [0, 0.05) is 22.3 Å². The Balaban J connectivity index is 2.13. The van der Waals surface area contributed by atoms with Crippen molar-refractivity contribution in [2.75, 3.05) is 19.1 Å². The smallest absolute Gasteiger partial charge is 0.355 e. The molecule has 0 amide bonds. The molecule has 1 aliphatic rings. The zero-order valence-corrected chi connectivity index (χ0v) is 16.9. The van der Waals surface area contributed by atoms with Crippen molar-refractivity contribution in [3.8, 4) is 10.6 Å². The number of aromatic nitrogens is 1. The van der Waals surface area contributed by atoms with Crippen LogP contribution in [0.5, 0.6) is 0 Å². The summed E-state index contributed by atoms with van der Waals surface area (Å²) < 4.78 is 9.78. The lowest BCUT2D eigenvalue weighted by Crippen LogP contribution is -2.26. The predicted molar refractivity (Wildman–Crippen MR) is 109 cm³/mol. The summed E-state index contributed by atoms with van der Waals surface area (Å²) in [6, 6.07) is 7.62. The van der Waals surface area contributed by atoms with E-state index in [0.717, 1.165) is 21.1 Å². The molecule has 2 heterocycles. The van der Waals surface area contributed by atoms with Crippen molar-refractivity contribution in [1.29, 1.82) is 0 Å². The second kappa shape index (κ2) is 8.22. The highest BCUT2D eigenvalue weighted by Gasteiger charge is 2.27. The molecule has 7 heteroatoms. The third-order valence-electron chi connectivity index (χ3n) is 4.29. The van der Waals surface area contributed by atoms with E-state index in [9.17, 15) is 9.59 Å². The van der Waals surface area contributed by atoms with Gasteiger partial charge in [-0.3, -0.25) is 0 Å². The van der Waals surface area contributed by atoms with Crippen LogP contribution < -0.4 is 4.90 Å². The van der Waals surface area contributed by atoms with Gasteiger partial charge in [0.25, 0.3) is 0 Å². The number of benzene rings is 1. The second-order valence-corrected chi connectivity index (χ2v) is 7.23. The fourth-order valence-corrected chi connectivity index (χ4v) is 3.66. The summed E-state index contributed by atoms with van der Waals surface area (Å²) >= 11 is 1.61. The Morgan fingerprint density at radius 3 is 2.46 bits per heavy atom. The maximum atomic E-state index is 12.5. The Morgan fingerprint density at radius 2 is 1.82 bits per heavy atom. The first-order chi connectivity index (χ1) is 13.5. The maximum absolute atomic E-state index is 12.5. The highest BCUT2D eigenvalue weighted by molar-refractivity contribution is 7.15. The van der Waals surface area contributed by atoms with Crippen molar-refractivity contribution in [3.63, 3.8) is 0 Å². The van der Waals surface area contributed by atoms with Gasteiger partial charge >= 0.3 is 11.9 Å². The summed E-state index contributed by atoms with van der Waals surface area (Å²) in [5.74, 6) is -1.25. The molecular formula is C21H20N2O4S. The van der Waals surface area contributed by atoms with E-state index in [4.69, 9.17) is 9.47 Å². The average Bonchev–Trinajstić information content (AvgIpc) is 2.92. The molecule has 1 aromatic heterocycles. The standard InChI is InChI=1S/C21H20N2O4S/c1-13-14(2)28-19(22-13)15-8-7-9-16(12-15)23-11-6-5-10-17(20(24)26-3)18(23)21(25)27-4/h5-12H,1-4H3. The monoisotopic (exact) mass is 396 g/mol. The van der Waals surface area contributed by atoms with Gasteiger partial charge in [0.1, 0.15) is 10.7 Å². The number of nitrogens with zero attached hydrogens (tertiary/aromatic N) is 2. The van der Waals surface area contributed by atoms with E-state index in [2.05, 4.69) is 4.98 Å². The van der Waals surface area contributed by atoms with Crippen LogP contribution in [0.3, 0.4) is 0 Å². The zero-order valence-electron chi connectivity index (χ0n) is 16.1. The first kappa shape index (κ1) is 19.6. The number of rotatable bonds is 4. The van der Waals surface area contributed by atoms with E-state index >= 15 is 0 Å². The summed E-state index contributed by atoms with van der Waals surface area (Å²) in [4.78, 5) is 32.2. The predicted octanol–water partition coefficient (Wildman–Crippen LogP) is 3.92. The normalized spacial score (nSPS) is 13.5. The lowest BCUT2D eigenvalue weighted by Gasteiger charge is -2.23. The Hall–Kier alpha value is -3.19. The fraction of sp³-hybridized carbons (Fsp3) is 0.190. The fourth-order valence-electron chi connectivity index (χ4n) is 2.75. The number of allylic oxidation sites excluding steroid dienone is 2. The summed E-state index contributed by atoms with van der Waals surface area (Å²) in [5, 5.41) is 0.894. The number of ether oxygens (including phenoxy) is 2. The number of anilines is 1. The number of hydrogen-bond donors (Lipinski definition) is 0. The van der Waals surface area contributed by atoms with Crippen molar-refractivity contribution in [2.24, 2.45) is 0 Å². The Bertz CT molecular complexity index is 998. The van der Waals surface area contributed by atoms with Crippen LogP contribution in [0.2, 0.25) is 0 Å². The number of carbonyl (C=O) groups is 2. The van der Waals surface area contributed by atoms with Gasteiger partial charge in [0.15, 0.2) is 0 Å². The van der Waals surface area contributed by atoms with Crippen LogP contribution in [0.1, 0.15) is 10.6 Å². The molecule has 0 saturated carbocycles. The second-order valence-electron chi connectivity index (χ2n) is 6.03. The highest BCUT2D eigenvalue weighted by atomic mass is 32.1. The molecule has 0 saturated heterocycles. The van der Waals surface area contributed by atoms with E-state index in [1.54, 1.807) is 34.6 Å². The first-order valence-electron chi connectivity index (χ1n) is 8.55. The van der Waals surface area contributed by atoms with Crippen LogP contribution >= 0.6 is 11.3 Å². The van der Waals surface area contributed by atoms with Gasteiger partial charge in [-0.05, 0) is 38.1 Å². The summed E-state index contributed by atoms with van der Waals surface area (Å²) in [6.07, 6.45) is 6.65. The van der Waals surface area contributed by atoms with E-state index in [1.165, 1.54) is 20.3 Å². The van der Waals surface area contributed by atoms with Crippen LogP contribution in [0, 0.1) is 13.8 Å². The molecule has 0 N–H and O–H groups in total. The highest BCUT2D eigenvalue weighted by Crippen LogP contribution is 2.32. The van der Waals surface area contributed by atoms with Gasteiger partial charge in [0.05, 0.1) is 25.5 Å². The number of esters is 2. The minimum Gasteiger partial charge on any atom is -0.465 e. The van der Waals surface area contributed by atoms with E-state index < -0.39 is 11.9 Å². The zero-order chi connectivity index (χ0) is 20.3. The van der Waals surface area contributed by atoms with Gasteiger partial charge in [0.2, 0.25) is 0 Å². The molecule has 6 nitrogen and oxygen atoms in total. The first-order valence-corrected chi connectivity index (χ1v) is 9.37. The van der Waals surface area contributed by atoms with Crippen LogP contribution in [0.4, 0.5) is 5.69 Å². The molecule has 0 bridgehead atoms. The van der Waals surface area contributed by atoms with Gasteiger partial charge in [-0.2, -0.15) is 0 Å². The van der Waals surface area contributed by atoms with Gasteiger partial charge in [-0.25, -0.2) is 14.6 Å². The quantitative estimate of drug-likeness (QED) is 0.730. The van der Waals surface area contributed by atoms with Crippen molar-refractivity contribution in [2.45, 2.75) is 13.8 Å². The lowest BCUT2D eigenvalue weighted by molar-refractivity contribution is -0.139. The molecule has 0 fully saturated rings. The minimum atomic E-state index is -0.636. The minimum absolute atomic E-state index is 0.0861. The molecule has 2 aromatic rings. The maximum Gasteiger partial charge on any atom is 0.355 e. The van der Waals surface area contributed by atoms with Crippen molar-refractivity contribution in [1.82, 2.24) is 4.98 Å². The van der Waals surface area contributed by atoms with Gasteiger partial charge in [-0.1, -0.05) is 18.2 Å². The largest absolute Gasteiger partial charge is 0.465 e. The third-order valence-corrected chi connectivity index (χ3v) is 5.41. The average molecular weight is 396 g/mol. The number of methoxy groups -OCH3 is 2. The van der Waals surface area contributed by atoms with E-state index in [-0.39, 0.29) is 11.3 Å². The molecule has 0 radical (unpaired) electrons. The van der Waals surface area contributed by atoms with Gasteiger partial charge < -0.3 is 14.4 Å². The van der Waals surface area contributed by atoms with Crippen LogP contribution in [-0.4, -0.2) is 31.1 Å². The molecule has 3 rings (SSSR count). The number of aryl methyl sites for hydroxylation is 2. The molecule has 144 valence electrons. The Morgan fingerprint density at radius 1 is 1.07 bits per heavy atom. The van der Waals surface area contributed by atoms with Crippen molar-refractivity contribution in [3.05, 3.63) is 70.5 Å². The molecule has 0 atom stereocenters. The van der Waals surface area contributed by atoms with Crippen LogP contribution in [0.15, 0.2) is 60.0 Å². The Kier molecular flexibility index (Phi) is 5.75. The number of thiazole rings is 1. The Labute approximate surface area is 167 Å². The summed E-state index contributed by atoms with van der Waals surface area (Å²) in [7, 11) is 2.55. The number of hydrogen-bond acceptors (Lipinski definition) is 7. The molecular weight excluding hydrogens is 376 g/mol. The summed E-state index contributed by atoms with van der Waals surface area (Å²) in [5.41, 5.74) is 2.82. The van der Waals surface area contributed by atoms with Gasteiger partial charge in [-0.15, -0.1) is 11.3 Å². The molecule has 28 heavy (non-hydrogen) atoms. The van der Waals surface area contributed by atoms with E-state index in [1.807, 2.05) is 38.1 Å². The van der Waals surface area contributed by atoms with Crippen LogP contribution in [-0.2, 0) is 19.1 Å². The third kappa shape index (κ3) is 3.75. The topological polar surface area (TPSA) is 68.7 Å². The summed E-state index contributed by atoms with van der Waals surface area (Å²) in [6.45, 7) is 4.01. The number of carbonyl (C=O) groups excluding carboxylic acids is 2. The van der Waals surface area contributed by atoms with E-state index in [0.29, 0.717) is 5.69 Å². The molecule has 0 aliphatic carbocycles. The van der Waals surface area contributed by atoms with Crippen molar-refractivity contribution < 1.29 is 19.1 Å². The SMILES string of the molecule is COC(=O)C1=C(C(=O)OC)N(c2cccc(-c3nc(C)c(C)s3)c2)C=CC=C1. The lowest BCUT2D eigenvalue weighted by atomic mass is 10.1. The van der Waals surface area contributed by atoms with Crippen LogP contribution in [0.25, 0.3) is 10.6 Å². The molecule has 1 aliphatic heterocycles. The molecule has 1 aromatic carbocycles.